The van der Waals surface area contributed by atoms with E-state index in [-0.39, 0.29) is 5.41 Å². The second-order valence-electron chi connectivity index (χ2n) is 7.28. The van der Waals surface area contributed by atoms with Gasteiger partial charge in [0.1, 0.15) is 11.5 Å². The van der Waals surface area contributed by atoms with Crippen LogP contribution in [-0.4, -0.2) is 46.7 Å². The normalized spacial score (nSPS) is 16.3. The zero-order valence-electron chi connectivity index (χ0n) is 16.7. The van der Waals surface area contributed by atoms with Crippen LogP contribution in [0.25, 0.3) is 0 Å². The van der Waals surface area contributed by atoms with Crippen molar-refractivity contribution in [3.8, 4) is 11.5 Å². The first-order valence-electron chi connectivity index (χ1n) is 9.76. The molecule has 6 heteroatoms. The monoisotopic (exact) mass is 382 g/mol. The molecule has 0 radical (unpaired) electrons. The van der Waals surface area contributed by atoms with Crippen LogP contribution in [0.4, 0.5) is 0 Å². The van der Waals surface area contributed by atoms with Crippen LogP contribution in [0.5, 0.6) is 11.5 Å². The highest BCUT2D eigenvalue weighted by atomic mass is 28.4. The zero-order valence-corrected chi connectivity index (χ0v) is 17.7. The van der Waals surface area contributed by atoms with E-state index in [2.05, 4.69) is 13.5 Å². The van der Waals surface area contributed by atoms with Gasteiger partial charge in [0.05, 0.1) is 25.2 Å². The van der Waals surface area contributed by atoms with Crippen molar-refractivity contribution < 1.29 is 23.4 Å². The summed E-state index contributed by atoms with van der Waals surface area (Å²) in [5.41, 5.74) is 1.07. The Hall–Kier alpha value is -1.08. The number of rotatable bonds is 12. The molecular weight excluding hydrogens is 348 g/mol. The molecule has 1 heterocycles. The number of aromatic hydroxyl groups is 1. The fraction of sp³-hybridized carbons (Fsp3) is 0.700. The molecule has 1 aromatic carbocycles. The summed E-state index contributed by atoms with van der Waals surface area (Å²) in [4.78, 5) is 0. The number of ether oxygens (including phenoxy) is 2. The van der Waals surface area contributed by atoms with Crippen LogP contribution in [0.3, 0.4) is 0 Å². The van der Waals surface area contributed by atoms with E-state index in [0.29, 0.717) is 25.6 Å². The molecule has 1 aliphatic rings. The quantitative estimate of drug-likeness (QED) is 0.547. The summed E-state index contributed by atoms with van der Waals surface area (Å²) in [6.07, 6.45) is 2.76. The molecule has 1 N–H and O–H groups in total. The maximum Gasteiger partial charge on any atom is 0.334 e. The second kappa shape index (κ2) is 9.74. The van der Waals surface area contributed by atoms with Crippen molar-refractivity contribution in [2.75, 3.05) is 33.0 Å². The third kappa shape index (κ3) is 5.71. The molecular formula is C20H34O5Si. The molecule has 0 saturated carbocycles. The molecule has 5 nitrogen and oxygen atoms in total. The molecule has 0 unspecified atom stereocenters. The largest absolute Gasteiger partial charge is 0.508 e. The fourth-order valence-electron chi connectivity index (χ4n) is 3.27. The summed E-state index contributed by atoms with van der Waals surface area (Å²) in [5.74, 6) is 1.14. The number of benzene rings is 1. The Morgan fingerprint density at radius 1 is 1.15 bits per heavy atom. The predicted octanol–water partition coefficient (Wildman–Crippen LogP) is 4.28. The van der Waals surface area contributed by atoms with Crippen LogP contribution in [0.2, 0.25) is 12.6 Å². The zero-order chi connectivity index (χ0) is 19.0. The first kappa shape index (κ1) is 21.2. The second-order valence-corrected chi connectivity index (χ2v) is 10.6. The van der Waals surface area contributed by atoms with E-state index in [9.17, 15) is 5.11 Å². The number of aryl methyl sites for hydroxylation is 1. The average molecular weight is 383 g/mol. The molecule has 0 aromatic heterocycles. The van der Waals surface area contributed by atoms with Crippen molar-refractivity contribution in [1.29, 1.82) is 0 Å². The molecule has 26 heavy (non-hydrogen) atoms. The Bertz CT molecular complexity index is 548. The van der Waals surface area contributed by atoms with E-state index in [1.165, 1.54) is 0 Å². The molecule has 148 valence electrons. The summed E-state index contributed by atoms with van der Waals surface area (Å²) < 4.78 is 23.1. The van der Waals surface area contributed by atoms with Crippen molar-refractivity contribution in [3.63, 3.8) is 0 Å². The lowest BCUT2D eigenvalue weighted by Crippen LogP contribution is -2.46. The third-order valence-electron chi connectivity index (χ3n) is 5.14. The van der Waals surface area contributed by atoms with Gasteiger partial charge in [0.15, 0.2) is 0 Å². The van der Waals surface area contributed by atoms with Gasteiger partial charge >= 0.3 is 8.56 Å². The minimum atomic E-state index is -2.10. The van der Waals surface area contributed by atoms with E-state index >= 15 is 0 Å². The maximum absolute atomic E-state index is 10.2. The topological polar surface area (TPSA) is 57.2 Å². The Kier molecular flexibility index (Phi) is 7.95. The summed E-state index contributed by atoms with van der Waals surface area (Å²) >= 11 is 0. The fourth-order valence-corrected chi connectivity index (χ4v) is 5.68. The van der Waals surface area contributed by atoms with Gasteiger partial charge in [0, 0.05) is 13.2 Å². The standard InChI is InChI=1S/C20H34O5Si/c1-5-20(14-22-15-20)16-23-18-10-11-19(21)17(13-18)9-8-12-26(4,24-6-2)25-7-3/h10-11,13,21H,5-9,12,14-16H2,1-4H3. The van der Waals surface area contributed by atoms with Gasteiger partial charge in [-0.1, -0.05) is 6.92 Å². The lowest BCUT2D eigenvalue weighted by Gasteiger charge is -2.40. The van der Waals surface area contributed by atoms with Gasteiger partial charge in [0.2, 0.25) is 0 Å². The van der Waals surface area contributed by atoms with E-state index in [4.69, 9.17) is 18.3 Å². The van der Waals surface area contributed by atoms with Crippen molar-refractivity contribution >= 4 is 8.56 Å². The number of hydrogen-bond acceptors (Lipinski definition) is 5. The molecule has 1 fully saturated rings. The first-order valence-corrected chi connectivity index (χ1v) is 12.3. The smallest absolute Gasteiger partial charge is 0.334 e. The van der Waals surface area contributed by atoms with Crippen LogP contribution in [0.1, 0.15) is 39.2 Å². The highest BCUT2D eigenvalue weighted by Crippen LogP contribution is 2.33. The Labute approximate surface area is 158 Å². The Balaban J connectivity index is 1.90. The Morgan fingerprint density at radius 2 is 1.85 bits per heavy atom. The number of phenolic OH excluding ortho intramolecular Hbond substituents is 1. The number of phenols is 1. The molecule has 0 bridgehead atoms. The molecule has 0 aliphatic carbocycles. The first-order chi connectivity index (χ1) is 12.5. The average Bonchev–Trinajstić information content (AvgIpc) is 2.57. The van der Waals surface area contributed by atoms with Crippen molar-refractivity contribution in [1.82, 2.24) is 0 Å². The highest BCUT2D eigenvalue weighted by Gasteiger charge is 2.37. The third-order valence-corrected chi connectivity index (χ3v) is 8.20. The van der Waals surface area contributed by atoms with Crippen LogP contribution in [-0.2, 0) is 20.0 Å². The van der Waals surface area contributed by atoms with Gasteiger partial charge in [-0.15, -0.1) is 0 Å². The van der Waals surface area contributed by atoms with Gasteiger partial charge in [0.25, 0.3) is 0 Å². The molecule has 0 atom stereocenters. The SMILES string of the molecule is CCO[Si](C)(CCCc1cc(OCC2(CC)COC2)ccc1O)OCC. The van der Waals surface area contributed by atoms with Gasteiger partial charge in [-0.2, -0.15) is 0 Å². The van der Waals surface area contributed by atoms with Gasteiger partial charge in [-0.25, -0.2) is 0 Å². The maximum atomic E-state index is 10.2. The van der Waals surface area contributed by atoms with Crippen LogP contribution in [0.15, 0.2) is 18.2 Å². The number of hydrogen-bond donors (Lipinski definition) is 1. The Morgan fingerprint density at radius 3 is 2.38 bits per heavy atom. The summed E-state index contributed by atoms with van der Waals surface area (Å²) in [6, 6.07) is 6.43. The summed E-state index contributed by atoms with van der Waals surface area (Å²) in [7, 11) is -2.10. The lowest BCUT2D eigenvalue weighted by molar-refractivity contribution is -0.133. The van der Waals surface area contributed by atoms with Crippen molar-refractivity contribution in [2.45, 2.75) is 52.6 Å². The molecule has 2 rings (SSSR count). The van der Waals surface area contributed by atoms with Crippen LogP contribution >= 0.6 is 0 Å². The molecule has 1 saturated heterocycles. The summed E-state index contributed by atoms with van der Waals surface area (Å²) in [6.45, 7) is 11.9. The summed E-state index contributed by atoms with van der Waals surface area (Å²) in [5, 5.41) is 10.2. The molecule has 0 spiro atoms. The van der Waals surface area contributed by atoms with Gasteiger partial charge in [-0.3, -0.25) is 0 Å². The van der Waals surface area contributed by atoms with E-state index in [1.54, 1.807) is 6.07 Å². The van der Waals surface area contributed by atoms with Gasteiger partial charge < -0.3 is 23.4 Å². The minimum Gasteiger partial charge on any atom is -0.508 e. The highest BCUT2D eigenvalue weighted by molar-refractivity contribution is 6.66. The van der Waals surface area contributed by atoms with Gasteiger partial charge in [-0.05, 0) is 69.5 Å². The predicted molar refractivity (Wildman–Crippen MR) is 105 cm³/mol. The van der Waals surface area contributed by atoms with Crippen molar-refractivity contribution in [3.05, 3.63) is 23.8 Å². The van der Waals surface area contributed by atoms with Crippen LogP contribution in [0, 0.1) is 5.41 Å². The van der Waals surface area contributed by atoms with Crippen molar-refractivity contribution in [2.24, 2.45) is 5.41 Å². The molecule has 0 amide bonds. The van der Waals surface area contributed by atoms with Crippen LogP contribution < -0.4 is 4.74 Å². The molecule has 1 aromatic rings. The lowest BCUT2D eigenvalue weighted by atomic mass is 9.84. The van der Waals surface area contributed by atoms with E-state index in [1.807, 2.05) is 26.0 Å². The van der Waals surface area contributed by atoms with E-state index < -0.39 is 8.56 Å². The van der Waals surface area contributed by atoms with E-state index in [0.717, 1.165) is 49.8 Å². The minimum absolute atomic E-state index is 0.153. The molecule has 1 aliphatic heterocycles.